The number of carbonyl (C=O) groups is 2. The van der Waals surface area contributed by atoms with Crippen LogP contribution < -0.4 is 10.0 Å². The van der Waals surface area contributed by atoms with Crippen molar-refractivity contribution in [3.63, 3.8) is 0 Å². The number of hydrogen-bond donors (Lipinski definition) is 2. The summed E-state index contributed by atoms with van der Waals surface area (Å²) in [4.78, 5) is 28.7. The largest absolute Gasteiger partial charge is 0.324 e. The number of ketones is 1. The number of rotatable bonds is 5. The second-order valence-corrected chi connectivity index (χ2v) is 8.54. The summed E-state index contributed by atoms with van der Waals surface area (Å²) in [5, 5.41) is 2.77. The fourth-order valence-electron chi connectivity index (χ4n) is 2.88. The summed E-state index contributed by atoms with van der Waals surface area (Å²) in [7, 11) is -3.67. The van der Waals surface area contributed by atoms with Crippen LogP contribution in [0.5, 0.6) is 0 Å². The maximum absolute atomic E-state index is 12.8. The quantitative estimate of drug-likeness (QED) is 0.754. The number of hydrogen-bond acceptors (Lipinski definition) is 5. The molecule has 0 radical (unpaired) electrons. The summed E-state index contributed by atoms with van der Waals surface area (Å²) in [5.74, 6) is -0.421. The molecule has 0 aromatic heterocycles. The van der Waals surface area contributed by atoms with Gasteiger partial charge in [0.15, 0.2) is 5.78 Å². The normalized spacial score (nSPS) is 17.1. The molecule has 7 nitrogen and oxygen atoms in total. The lowest BCUT2D eigenvalue weighted by molar-refractivity contribution is -0.118. The molecule has 0 bridgehead atoms. The molecule has 0 spiro atoms. The summed E-state index contributed by atoms with van der Waals surface area (Å²) < 4.78 is 26.9. The fraction of sp³-hybridized carbons (Fsp3) is 0.250. The van der Waals surface area contributed by atoms with Crippen molar-refractivity contribution in [2.24, 2.45) is 10.9 Å². The van der Waals surface area contributed by atoms with Gasteiger partial charge in [-0.15, -0.1) is 0 Å². The molecule has 1 aliphatic rings. The van der Waals surface area contributed by atoms with Crippen LogP contribution in [0, 0.1) is 5.92 Å². The lowest BCUT2D eigenvalue weighted by atomic mass is 10.0. The van der Waals surface area contributed by atoms with E-state index in [2.05, 4.69) is 15.0 Å². The topological polar surface area (TPSA) is 105 Å². The van der Waals surface area contributed by atoms with E-state index in [-0.39, 0.29) is 28.3 Å². The first kappa shape index (κ1) is 19.8. The second kappa shape index (κ2) is 7.55. The smallest absolute Gasteiger partial charge is 0.263 e. The average molecular weight is 399 g/mol. The van der Waals surface area contributed by atoms with Crippen molar-refractivity contribution in [2.75, 3.05) is 5.32 Å². The van der Waals surface area contributed by atoms with E-state index in [1.54, 1.807) is 42.5 Å². The van der Waals surface area contributed by atoms with E-state index in [1.807, 2.05) is 13.8 Å². The zero-order valence-electron chi connectivity index (χ0n) is 15.8. The van der Waals surface area contributed by atoms with Crippen LogP contribution in [0.3, 0.4) is 0 Å². The molecule has 1 heterocycles. The molecule has 2 aromatic rings. The number of benzene rings is 2. The molecular formula is C20H21N3O4S. The molecule has 0 saturated carbocycles. The number of nitrogens with one attached hydrogen (secondary N) is 2. The number of aliphatic imine (C=N–C) groups is 1. The van der Waals surface area contributed by atoms with Gasteiger partial charge in [0.25, 0.3) is 10.0 Å². The van der Waals surface area contributed by atoms with Crippen LogP contribution >= 0.6 is 0 Å². The van der Waals surface area contributed by atoms with Gasteiger partial charge in [-0.1, -0.05) is 26.0 Å². The highest BCUT2D eigenvalue weighted by Crippen LogP contribution is 2.24. The van der Waals surface area contributed by atoms with E-state index in [9.17, 15) is 18.0 Å². The highest BCUT2D eigenvalue weighted by Gasteiger charge is 2.32. The number of nitrogens with zero attached hydrogens (tertiary/aromatic N) is 1. The van der Waals surface area contributed by atoms with Gasteiger partial charge < -0.3 is 5.32 Å². The molecule has 0 aliphatic carbocycles. The number of amides is 1. The summed E-state index contributed by atoms with van der Waals surface area (Å²) in [6, 6.07) is 12.3. The molecular weight excluding hydrogens is 378 g/mol. The SMILES string of the molecule is CC(=O)c1ccc(NC(=O)[C@@H](N=C2NS(=O)(=O)c3ccccc32)C(C)C)cc1. The van der Waals surface area contributed by atoms with Crippen molar-refractivity contribution < 1.29 is 18.0 Å². The maximum Gasteiger partial charge on any atom is 0.263 e. The summed E-state index contributed by atoms with van der Waals surface area (Å²) in [5.41, 5.74) is 1.54. The van der Waals surface area contributed by atoms with Crippen LogP contribution in [-0.2, 0) is 14.8 Å². The molecule has 8 heteroatoms. The minimum Gasteiger partial charge on any atom is -0.324 e. The summed E-state index contributed by atoms with van der Waals surface area (Å²) in [6.07, 6.45) is 0. The molecule has 2 aromatic carbocycles. The van der Waals surface area contributed by atoms with Crippen molar-refractivity contribution in [2.45, 2.75) is 31.7 Å². The molecule has 1 atom stereocenters. The van der Waals surface area contributed by atoms with Gasteiger partial charge in [-0.2, -0.15) is 0 Å². The molecule has 0 fully saturated rings. The zero-order chi connectivity index (χ0) is 20.5. The first-order chi connectivity index (χ1) is 13.2. The number of carbonyl (C=O) groups excluding carboxylic acids is 2. The monoisotopic (exact) mass is 399 g/mol. The third-order valence-electron chi connectivity index (χ3n) is 4.39. The Morgan fingerprint density at radius 2 is 1.68 bits per heavy atom. The Balaban J connectivity index is 1.87. The Morgan fingerprint density at radius 3 is 2.29 bits per heavy atom. The zero-order valence-corrected chi connectivity index (χ0v) is 16.6. The van der Waals surface area contributed by atoms with Gasteiger partial charge in [0.1, 0.15) is 11.9 Å². The van der Waals surface area contributed by atoms with Gasteiger partial charge in [-0.25, -0.2) is 8.42 Å². The van der Waals surface area contributed by atoms with Gasteiger partial charge in [0.05, 0.1) is 4.90 Å². The fourth-order valence-corrected chi connectivity index (χ4v) is 4.12. The predicted molar refractivity (Wildman–Crippen MR) is 107 cm³/mol. The van der Waals surface area contributed by atoms with E-state index >= 15 is 0 Å². The van der Waals surface area contributed by atoms with E-state index < -0.39 is 16.1 Å². The number of sulfonamides is 1. The average Bonchev–Trinajstić information content (AvgIpc) is 2.90. The van der Waals surface area contributed by atoms with Crippen LogP contribution in [0.1, 0.15) is 36.7 Å². The molecule has 3 rings (SSSR count). The van der Waals surface area contributed by atoms with Crippen LogP contribution in [0.2, 0.25) is 0 Å². The Kier molecular flexibility index (Phi) is 5.33. The maximum atomic E-state index is 12.8. The molecule has 146 valence electrons. The lowest BCUT2D eigenvalue weighted by Crippen LogP contribution is -2.34. The van der Waals surface area contributed by atoms with E-state index in [1.165, 1.54) is 13.0 Å². The van der Waals surface area contributed by atoms with Crippen LogP contribution in [-0.4, -0.2) is 32.0 Å². The van der Waals surface area contributed by atoms with Crippen LogP contribution in [0.4, 0.5) is 5.69 Å². The Bertz CT molecular complexity index is 1060. The van der Waals surface area contributed by atoms with Gasteiger partial charge in [0.2, 0.25) is 5.91 Å². The molecule has 2 N–H and O–H groups in total. The molecule has 0 saturated heterocycles. The minimum atomic E-state index is -3.67. The van der Waals surface area contributed by atoms with Crippen molar-refractivity contribution in [1.82, 2.24) is 4.72 Å². The van der Waals surface area contributed by atoms with Gasteiger partial charge in [0, 0.05) is 16.8 Å². The first-order valence-electron chi connectivity index (χ1n) is 8.81. The van der Waals surface area contributed by atoms with Crippen molar-refractivity contribution in [3.8, 4) is 0 Å². The van der Waals surface area contributed by atoms with E-state index in [0.29, 0.717) is 16.8 Å². The second-order valence-electron chi connectivity index (χ2n) is 6.89. The van der Waals surface area contributed by atoms with Crippen molar-refractivity contribution in [3.05, 3.63) is 59.7 Å². The van der Waals surface area contributed by atoms with Crippen molar-refractivity contribution in [1.29, 1.82) is 0 Å². The number of anilines is 1. The third kappa shape index (κ3) is 3.96. The van der Waals surface area contributed by atoms with Gasteiger partial charge in [-0.05, 0) is 49.2 Å². The van der Waals surface area contributed by atoms with E-state index in [0.717, 1.165) is 0 Å². The summed E-state index contributed by atoms with van der Waals surface area (Å²) >= 11 is 0. The van der Waals surface area contributed by atoms with Gasteiger partial charge >= 0.3 is 0 Å². The highest BCUT2D eigenvalue weighted by molar-refractivity contribution is 7.90. The van der Waals surface area contributed by atoms with Crippen molar-refractivity contribution >= 4 is 33.2 Å². The van der Waals surface area contributed by atoms with E-state index in [4.69, 9.17) is 0 Å². The van der Waals surface area contributed by atoms with Crippen LogP contribution in [0.15, 0.2) is 58.4 Å². The molecule has 0 unspecified atom stereocenters. The molecule has 28 heavy (non-hydrogen) atoms. The van der Waals surface area contributed by atoms with Gasteiger partial charge in [-0.3, -0.25) is 19.3 Å². The molecule has 1 amide bonds. The predicted octanol–water partition coefficient (Wildman–Crippen LogP) is 2.59. The standard InChI is InChI=1S/C20H21N3O4S/c1-12(2)18(20(25)21-15-10-8-14(9-11-15)13(3)24)22-19-16-6-4-5-7-17(16)28(26,27)23-19/h4-12,18H,1-3H3,(H,21,25)(H,22,23)/t18-/m0/s1. The lowest BCUT2D eigenvalue weighted by Gasteiger charge is -2.17. The number of amidine groups is 1. The Morgan fingerprint density at radius 1 is 1.04 bits per heavy atom. The summed E-state index contributed by atoms with van der Waals surface area (Å²) in [6.45, 7) is 5.14. The number of fused-ring (bicyclic) bond motifs is 1. The Hall–Kier alpha value is -3.00. The molecule has 1 aliphatic heterocycles. The number of Topliss-reactive ketones (excluding diaryl/α,β-unsaturated/α-hetero) is 1. The van der Waals surface area contributed by atoms with Crippen LogP contribution in [0.25, 0.3) is 0 Å². The third-order valence-corrected chi connectivity index (χ3v) is 5.79. The first-order valence-corrected chi connectivity index (χ1v) is 10.3. The Labute approximate surface area is 163 Å². The highest BCUT2D eigenvalue weighted by atomic mass is 32.2. The minimum absolute atomic E-state index is 0.0588.